The van der Waals surface area contributed by atoms with Gasteiger partial charge in [-0.3, -0.25) is 4.90 Å². The van der Waals surface area contributed by atoms with E-state index in [9.17, 15) is 4.79 Å². The van der Waals surface area contributed by atoms with Crippen LogP contribution in [0.4, 0.5) is 0 Å². The van der Waals surface area contributed by atoms with Crippen LogP contribution in [-0.2, 0) is 19.4 Å². The molecule has 0 spiro atoms. The summed E-state index contributed by atoms with van der Waals surface area (Å²) in [5.74, 6) is 0.726. The van der Waals surface area contributed by atoms with Gasteiger partial charge in [0.15, 0.2) is 11.5 Å². The maximum atomic E-state index is 12.6. The minimum absolute atomic E-state index is 0.300. The molecule has 4 heteroatoms. The average molecular weight is 385 g/mol. The molecule has 2 heterocycles. The number of fused-ring (bicyclic) bond motifs is 4. The maximum absolute atomic E-state index is 12.6. The van der Waals surface area contributed by atoms with Crippen molar-refractivity contribution < 1.29 is 14.3 Å². The summed E-state index contributed by atoms with van der Waals surface area (Å²) in [6.45, 7) is 1.99. The van der Waals surface area contributed by atoms with Crippen molar-refractivity contribution in [1.29, 1.82) is 0 Å². The quantitative estimate of drug-likeness (QED) is 0.489. The molecular formula is C25H23NO3. The monoisotopic (exact) mass is 385 g/mol. The van der Waals surface area contributed by atoms with Gasteiger partial charge in [-0.05, 0) is 59.4 Å². The Bertz CT molecular complexity index is 1060. The molecule has 29 heavy (non-hydrogen) atoms. The van der Waals surface area contributed by atoms with Crippen LogP contribution in [0.2, 0.25) is 0 Å². The summed E-state index contributed by atoms with van der Waals surface area (Å²) in [4.78, 5) is 15.1. The van der Waals surface area contributed by atoms with Crippen LogP contribution in [-0.4, -0.2) is 24.5 Å². The Morgan fingerprint density at radius 2 is 1.69 bits per heavy atom. The highest BCUT2D eigenvalue weighted by Crippen LogP contribution is 2.42. The molecule has 0 saturated carbocycles. The number of nitrogens with zero attached hydrogens (tertiary/aromatic N) is 1. The Morgan fingerprint density at radius 3 is 2.48 bits per heavy atom. The Morgan fingerprint density at radius 1 is 0.931 bits per heavy atom. The molecule has 0 fully saturated rings. The van der Waals surface area contributed by atoms with E-state index in [2.05, 4.69) is 29.2 Å². The molecule has 0 aromatic heterocycles. The number of carbonyl (C=O) groups excluding carboxylic acids is 1. The molecule has 5 rings (SSSR count). The molecule has 0 saturated heterocycles. The van der Waals surface area contributed by atoms with Crippen LogP contribution >= 0.6 is 0 Å². The first-order chi connectivity index (χ1) is 14.2. The summed E-state index contributed by atoms with van der Waals surface area (Å²) >= 11 is 0. The normalized spacial score (nSPS) is 17.6. The second-order valence-corrected chi connectivity index (χ2v) is 7.67. The van der Waals surface area contributed by atoms with Gasteiger partial charge in [-0.15, -0.1) is 0 Å². The SMILES string of the molecule is COc1cc2c(cc1OC(=O)c1ccccc1)C1Cc3ccccc3CN1CC2. The van der Waals surface area contributed by atoms with Crippen LogP contribution in [0.15, 0.2) is 66.7 Å². The van der Waals surface area contributed by atoms with Crippen molar-refractivity contribution in [2.45, 2.75) is 25.4 Å². The van der Waals surface area contributed by atoms with Crippen molar-refractivity contribution in [2.75, 3.05) is 13.7 Å². The van der Waals surface area contributed by atoms with E-state index >= 15 is 0 Å². The van der Waals surface area contributed by atoms with Gasteiger partial charge < -0.3 is 9.47 Å². The Balaban J connectivity index is 1.50. The fraction of sp³-hybridized carbons (Fsp3) is 0.240. The van der Waals surface area contributed by atoms with Gasteiger partial charge in [0.05, 0.1) is 12.7 Å². The lowest BCUT2D eigenvalue weighted by atomic mass is 9.84. The van der Waals surface area contributed by atoms with Crippen molar-refractivity contribution in [1.82, 2.24) is 4.90 Å². The van der Waals surface area contributed by atoms with Crippen LogP contribution in [0.1, 0.15) is 38.7 Å². The zero-order chi connectivity index (χ0) is 19.8. The molecule has 2 aliphatic rings. The van der Waals surface area contributed by atoms with Gasteiger partial charge in [-0.25, -0.2) is 4.79 Å². The number of ether oxygens (including phenoxy) is 2. The standard InChI is InChI=1S/C25H23NO3/c1-28-23-14-19-11-12-26-16-20-10-6-5-9-18(20)13-22(26)21(19)15-24(23)29-25(27)17-7-3-2-4-8-17/h2-10,14-15,22H,11-13,16H2,1H3. The predicted octanol–water partition coefficient (Wildman–Crippen LogP) is 4.57. The highest BCUT2D eigenvalue weighted by molar-refractivity contribution is 5.91. The molecule has 0 N–H and O–H groups in total. The van der Waals surface area contributed by atoms with E-state index in [4.69, 9.17) is 9.47 Å². The van der Waals surface area contributed by atoms with Crippen LogP contribution in [0.5, 0.6) is 11.5 Å². The molecule has 3 aromatic rings. The fourth-order valence-electron chi connectivity index (χ4n) is 4.50. The van der Waals surface area contributed by atoms with Crippen molar-refractivity contribution in [3.05, 3.63) is 94.5 Å². The molecule has 0 aliphatic carbocycles. The number of esters is 1. The van der Waals surface area contributed by atoms with E-state index in [1.165, 1.54) is 22.3 Å². The largest absolute Gasteiger partial charge is 0.493 e. The Labute approximate surface area is 170 Å². The summed E-state index contributed by atoms with van der Waals surface area (Å²) in [7, 11) is 1.62. The zero-order valence-corrected chi connectivity index (χ0v) is 16.4. The number of hydrogen-bond donors (Lipinski definition) is 0. The first kappa shape index (κ1) is 18.0. The molecule has 1 atom stereocenters. The second-order valence-electron chi connectivity index (χ2n) is 7.67. The molecule has 0 bridgehead atoms. The van der Waals surface area contributed by atoms with Gasteiger partial charge in [0.25, 0.3) is 0 Å². The van der Waals surface area contributed by atoms with Gasteiger partial charge in [-0.2, -0.15) is 0 Å². The predicted molar refractivity (Wildman–Crippen MR) is 111 cm³/mol. The van der Waals surface area contributed by atoms with E-state index in [0.717, 1.165) is 25.9 Å². The third kappa shape index (κ3) is 3.30. The molecule has 4 nitrogen and oxygen atoms in total. The van der Waals surface area contributed by atoms with E-state index in [0.29, 0.717) is 23.1 Å². The number of benzene rings is 3. The molecule has 3 aromatic carbocycles. The van der Waals surface area contributed by atoms with Gasteiger partial charge in [0.2, 0.25) is 0 Å². The van der Waals surface area contributed by atoms with Crippen molar-refractivity contribution in [3.8, 4) is 11.5 Å². The molecule has 146 valence electrons. The third-order valence-corrected chi connectivity index (χ3v) is 6.01. The molecule has 1 unspecified atom stereocenters. The topological polar surface area (TPSA) is 38.8 Å². The van der Waals surface area contributed by atoms with Gasteiger partial charge in [0, 0.05) is 19.1 Å². The third-order valence-electron chi connectivity index (χ3n) is 6.01. The molecular weight excluding hydrogens is 362 g/mol. The lowest BCUT2D eigenvalue weighted by Crippen LogP contribution is -2.39. The maximum Gasteiger partial charge on any atom is 0.343 e. The number of carbonyl (C=O) groups is 1. The summed E-state index contributed by atoms with van der Waals surface area (Å²) in [6.07, 6.45) is 1.94. The first-order valence-electron chi connectivity index (χ1n) is 10.0. The summed E-state index contributed by atoms with van der Waals surface area (Å²) in [6, 6.07) is 22.1. The molecule has 2 aliphatic heterocycles. The number of methoxy groups -OCH3 is 1. The average Bonchev–Trinajstić information content (AvgIpc) is 2.78. The van der Waals surface area contributed by atoms with Gasteiger partial charge >= 0.3 is 5.97 Å². The smallest absolute Gasteiger partial charge is 0.343 e. The minimum Gasteiger partial charge on any atom is -0.493 e. The van der Waals surface area contributed by atoms with Crippen LogP contribution in [0.3, 0.4) is 0 Å². The van der Waals surface area contributed by atoms with Crippen LogP contribution in [0, 0.1) is 0 Å². The van der Waals surface area contributed by atoms with Crippen LogP contribution in [0.25, 0.3) is 0 Å². The highest BCUT2D eigenvalue weighted by Gasteiger charge is 2.33. The van der Waals surface area contributed by atoms with Crippen LogP contribution < -0.4 is 9.47 Å². The summed E-state index contributed by atoms with van der Waals surface area (Å²) in [5, 5.41) is 0. The van der Waals surface area contributed by atoms with Gasteiger partial charge in [0.1, 0.15) is 0 Å². The van der Waals surface area contributed by atoms with E-state index < -0.39 is 0 Å². The summed E-state index contributed by atoms with van der Waals surface area (Å²) in [5.41, 5.74) is 5.86. The van der Waals surface area contributed by atoms with E-state index in [1.807, 2.05) is 30.3 Å². The number of hydrogen-bond acceptors (Lipinski definition) is 4. The molecule has 0 radical (unpaired) electrons. The van der Waals surface area contributed by atoms with E-state index in [-0.39, 0.29) is 5.97 Å². The Kier molecular flexibility index (Phi) is 4.57. The molecule has 0 amide bonds. The lowest BCUT2D eigenvalue weighted by Gasteiger charge is -2.41. The van der Waals surface area contributed by atoms with E-state index in [1.54, 1.807) is 19.2 Å². The lowest BCUT2D eigenvalue weighted by molar-refractivity contribution is 0.0728. The highest BCUT2D eigenvalue weighted by atomic mass is 16.6. The fourth-order valence-corrected chi connectivity index (χ4v) is 4.50. The second kappa shape index (κ2) is 7.37. The minimum atomic E-state index is -0.370. The van der Waals surface area contributed by atoms with Crippen molar-refractivity contribution in [3.63, 3.8) is 0 Å². The number of rotatable bonds is 3. The summed E-state index contributed by atoms with van der Waals surface area (Å²) < 4.78 is 11.3. The van der Waals surface area contributed by atoms with Gasteiger partial charge in [-0.1, -0.05) is 42.5 Å². The Hall–Kier alpha value is -3.11. The van der Waals surface area contributed by atoms with Crippen molar-refractivity contribution >= 4 is 5.97 Å². The first-order valence-corrected chi connectivity index (χ1v) is 10.0. The zero-order valence-electron chi connectivity index (χ0n) is 16.4. The van der Waals surface area contributed by atoms with Crippen molar-refractivity contribution in [2.24, 2.45) is 0 Å².